The van der Waals surface area contributed by atoms with Crippen LogP contribution in [0.25, 0.3) is 0 Å². The largest absolute Gasteiger partial charge is 0.485 e. The molecule has 2 aliphatic heterocycles. The fourth-order valence-corrected chi connectivity index (χ4v) is 7.59. The number of piperazine rings is 1. The summed E-state index contributed by atoms with van der Waals surface area (Å²) in [5.41, 5.74) is -0.125. The summed E-state index contributed by atoms with van der Waals surface area (Å²) in [7, 11) is 0. The van der Waals surface area contributed by atoms with E-state index in [0.717, 1.165) is 37.0 Å². The van der Waals surface area contributed by atoms with Crippen molar-refractivity contribution in [2.24, 2.45) is 17.8 Å². The molecule has 2 unspecified atom stereocenters. The van der Waals surface area contributed by atoms with E-state index in [1.807, 2.05) is 30.0 Å². The second kappa shape index (κ2) is 9.25. The van der Waals surface area contributed by atoms with Gasteiger partial charge in [-0.1, -0.05) is 12.1 Å². The summed E-state index contributed by atoms with van der Waals surface area (Å²) in [5, 5.41) is 5.81. The van der Waals surface area contributed by atoms with E-state index in [2.05, 4.69) is 10.6 Å². The molecule has 0 aromatic heterocycles. The van der Waals surface area contributed by atoms with E-state index in [0.29, 0.717) is 37.7 Å². The molecule has 4 amide bonds. The molecule has 2 N–H and O–H groups in total. The van der Waals surface area contributed by atoms with Crippen LogP contribution in [-0.2, 0) is 9.59 Å². The fourth-order valence-electron chi connectivity index (χ4n) is 7.59. The van der Waals surface area contributed by atoms with Gasteiger partial charge in [-0.05, 0) is 75.3 Å². The molecule has 4 bridgehead atoms. The molecule has 36 heavy (non-hydrogen) atoms. The van der Waals surface area contributed by atoms with Crippen molar-refractivity contribution < 1.29 is 23.9 Å². The number of ether oxygens (including phenoxy) is 2. The first-order valence-corrected chi connectivity index (χ1v) is 13.4. The normalized spacial score (nSPS) is 33.6. The van der Waals surface area contributed by atoms with Crippen LogP contribution in [0, 0.1) is 17.8 Å². The van der Waals surface area contributed by atoms with Crippen LogP contribution < -0.4 is 20.1 Å². The van der Waals surface area contributed by atoms with E-state index in [1.54, 1.807) is 11.0 Å². The first-order valence-electron chi connectivity index (χ1n) is 13.4. The van der Waals surface area contributed by atoms with Gasteiger partial charge in [-0.15, -0.1) is 0 Å². The molecule has 0 radical (unpaired) electrons. The third-order valence-corrected chi connectivity index (χ3v) is 8.99. The number of para-hydroxylation sites is 2. The number of hydrogen-bond acceptors (Lipinski definition) is 6. The van der Waals surface area contributed by atoms with Gasteiger partial charge in [0.1, 0.15) is 6.61 Å². The standard InChI is InChI=1S/C27H36N4O5/c1-17(24(32)28-26(34)29-27-13-18-10-19(14-27)12-20(11-18)15-27)30-6-8-31(9-7-30)25(33)23-16-35-21-4-2-3-5-22(21)36-23/h2-5,17-20,23H,6-16H2,1H3,(H2,28,29,32,34). The van der Waals surface area contributed by atoms with Crippen molar-refractivity contribution in [1.82, 2.24) is 20.4 Å². The molecular weight excluding hydrogens is 460 g/mol. The Balaban J connectivity index is 0.975. The van der Waals surface area contributed by atoms with Crippen LogP contribution in [0.5, 0.6) is 11.5 Å². The number of nitrogens with zero attached hydrogens (tertiary/aromatic N) is 2. The molecule has 1 saturated heterocycles. The Kier molecular flexibility index (Phi) is 6.06. The summed E-state index contributed by atoms with van der Waals surface area (Å²) >= 11 is 0. The molecule has 194 valence electrons. The molecule has 4 aliphatic carbocycles. The molecule has 2 heterocycles. The van der Waals surface area contributed by atoms with Crippen molar-refractivity contribution in [3.05, 3.63) is 24.3 Å². The van der Waals surface area contributed by atoms with Gasteiger partial charge in [0.15, 0.2) is 11.5 Å². The number of urea groups is 1. The van der Waals surface area contributed by atoms with Crippen LogP contribution in [0.2, 0.25) is 0 Å². The molecule has 6 aliphatic rings. The number of amides is 4. The number of carbonyl (C=O) groups excluding carboxylic acids is 3. The molecule has 4 saturated carbocycles. The Labute approximate surface area is 211 Å². The average Bonchev–Trinajstić information content (AvgIpc) is 2.86. The lowest BCUT2D eigenvalue weighted by Crippen LogP contribution is -2.63. The van der Waals surface area contributed by atoms with Crippen molar-refractivity contribution in [3.63, 3.8) is 0 Å². The van der Waals surface area contributed by atoms with Crippen LogP contribution in [0.3, 0.4) is 0 Å². The van der Waals surface area contributed by atoms with Crippen molar-refractivity contribution in [1.29, 1.82) is 0 Å². The molecule has 1 aromatic rings. The van der Waals surface area contributed by atoms with Gasteiger partial charge >= 0.3 is 6.03 Å². The predicted octanol–water partition coefficient (Wildman–Crippen LogP) is 2.15. The number of benzene rings is 1. The summed E-state index contributed by atoms with van der Waals surface area (Å²) in [6.07, 6.45) is 6.40. The van der Waals surface area contributed by atoms with Gasteiger partial charge in [0.25, 0.3) is 5.91 Å². The molecule has 0 spiro atoms. The lowest BCUT2D eigenvalue weighted by molar-refractivity contribution is -0.143. The van der Waals surface area contributed by atoms with Crippen LogP contribution >= 0.6 is 0 Å². The lowest BCUT2D eigenvalue weighted by atomic mass is 9.53. The second-order valence-corrected chi connectivity index (χ2v) is 11.5. The quantitative estimate of drug-likeness (QED) is 0.663. The highest BCUT2D eigenvalue weighted by atomic mass is 16.6. The number of imide groups is 1. The number of rotatable bonds is 4. The van der Waals surface area contributed by atoms with Crippen LogP contribution in [-0.4, -0.2) is 78.1 Å². The zero-order chi connectivity index (χ0) is 24.9. The topological polar surface area (TPSA) is 100 Å². The Bertz CT molecular complexity index is 1000. The Morgan fingerprint density at radius 3 is 2.19 bits per heavy atom. The van der Waals surface area contributed by atoms with Crippen molar-refractivity contribution in [3.8, 4) is 11.5 Å². The van der Waals surface area contributed by atoms with Crippen LogP contribution in [0.1, 0.15) is 45.4 Å². The Morgan fingerprint density at radius 2 is 1.56 bits per heavy atom. The molecule has 9 heteroatoms. The van der Waals surface area contributed by atoms with Crippen molar-refractivity contribution >= 4 is 17.8 Å². The van der Waals surface area contributed by atoms with Crippen LogP contribution in [0.15, 0.2) is 24.3 Å². The molecule has 9 nitrogen and oxygen atoms in total. The summed E-state index contributed by atoms with van der Waals surface area (Å²) in [6.45, 7) is 4.12. The minimum atomic E-state index is -0.666. The van der Waals surface area contributed by atoms with E-state index in [4.69, 9.17) is 9.47 Å². The first kappa shape index (κ1) is 23.6. The highest BCUT2D eigenvalue weighted by Gasteiger charge is 2.51. The zero-order valence-electron chi connectivity index (χ0n) is 20.9. The highest BCUT2D eigenvalue weighted by Crippen LogP contribution is 2.55. The fraction of sp³-hybridized carbons (Fsp3) is 0.667. The van der Waals surface area contributed by atoms with Gasteiger partial charge in [-0.25, -0.2) is 4.79 Å². The maximum atomic E-state index is 13.0. The van der Waals surface area contributed by atoms with E-state index in [9.17, 15) is 14.4 Å². The number of hydrogen-bond donors (Lipinski definition) is 2. The van der Waals surface area contributed by atoms with E-state index in [1.165, 1.54) is 19.3 Å². The maximum Gasteiger partial charge on any atom is 0.321 e. The van der Waals surface area contributed by atoms with Gasteiger partial charge in [0.2, 0.25) is 12.0 Å². The summed E-state index contributed by atoms with van der Waals surface area (Å²) in [5.74, 6) is 3.02. The molecule has 5 fully saturated rings. The van der Waals surface area contributed by atoms with Gasteiger partial charge in [0, 0.05) is 31.7 Å². The zero-order valence-corrected chi connectivity index (χ0v) is 20.9. The first-order chi connectivity index (χ1) is 17.4. The molecule has 2 atom stereocenters. The minimum Gasteiger partial charge on any atom is -0.485 e. The summed E-state index contributed by atoms with van der Waals surface area (Å²) in [4.78, 5) is 42.5. The number of fused-ring (bicyclic) bond motifs is 1. The van der Waals surface area contributed by atoms with Gasteiger partial charge in [0.05, 0.1) is 6.04 Å². The Morgan fingerprint density at radius 1 is 0.944 bits per heavy atom. The second-order valence-electron chi connectivity index (χ2n) is 11.5. The van der Waals surface area contributed by atoms with E-state index >= 15 is 0 Å². The van der Waals surface area contributed by atoms with E-state index < -0.39 is 12.1 Å². The molecular formula is C27H36N4O5. The molecule has 7 rings (SSSR count). The van der Waals surface area contributed by atoms with Gasteiger partial charge in [-0.2, -0.15) is 0 Å². The summed E-state index contributed by atoms with van der Waals surface area (Å²) in [6, 6.07) is 6.52. The smallest absolute Gasteiger partial charge is 0.321 e. The van der Waals surface area contributed by atoms with Gasteiger partial charge < -0.3 is 19.7 Å². The lowest BCUT2D eigenvalue weighted by Gasteiger charge is -2.56. The SMILES string of the molecule is CC(C(=O)NC(=O)NC12CC3CC(CC(C3)C1)C2)N1CCN(C(=O)C2COc3ccccc3O2)CC1. The molecule has 1 aromatic carbocycles. The third kappa shape index (κ3) is 4.53. The van der Waals surface area contributed by atoms with Gasteiger partial charge in [-0.3, -0.25) is 19.8 Å². The maximum absolute atomic E-state index is 13.0. The van der Waals surface area contributed by atoms with Crippen molar-refractivity contribution in [2.75, 3.05) is 32.8 Å². The van der Waals surface area contributed by atoms with Crippen LogP contribution in [0.4, 0.5) is 4.79 Å². The van der Waals surface area contributed by atoms with E-state index in [-0.39, 0.29) is 30.0 Å². The minimum absolute atomic E-state index is 0.101. The summed E-state index contributed by atoms with van der Waals surface area (Å²) < 4.78 is 11.6. The predicted molar refractivity (Wildman–Crippen MR) is 132 cm³/mol. The monoisotopic (exact) mass is 496 g/mol. The number of carbonyl (C=O) groups is 3. The number of nitrogens with one attached hydrogen (secondary N) is 2. The average molecular weight is 497 g/mol. The van der Waals surface area contributed by atoms with Crippen molar-refractivity contribution in [2.45, 2.75) is 63.1 Å². The Hall–Kier alpha value is -2.81. The third-order valence-electron chi connectivity index (χ3n) is 8.99. The highest BCUT2D eigenvalue weighted by molar-refractivity contribution is 5.97.